The number of aliphatic hydroxyl groups is 1. The average Bonchev–Trinajstić information content (AvgIpc) is 1.97. The average molecular weight is 219 g/mol. The topological polar surface area (TPSA) is 49.3 Å². The molecule has 2 N–H and O–H groups in total. The monoisotopic (exact) mass is 219 g/mol. The fourth-order valence-electron chi connectivity index (χ4n) is 0.759. The summed E-state index contributed by atoms with van der Waals surface area (Å²) < 4.78 is 0. The highest BCUT2D eigenvalue weighted by Crippen LogP contribution is 2.20. The van der Waals surface area contributed by atoms with Crippen molar-refractivity contribution in [2.75, 3.05) is 12.0 Å². The van der Waals surface area contributed by atoms with E-state index in [0.29, 0.717) is 6.42 Å². The molecule has 0 rings (SSSR count). The van der Waals surface area contributed by atoms with E-state index in [-0.39, 0.29) is 5.91 Å². The quantitative estimate of drug-likeness (QED) is 0.735. The number of hydrogen-bond acceptors (Lipinski definition) is 3. The maximum absolute atomic E-state index is 11.4. The highest BCUT2D eigenvalue weighted by molar-refractivity contribution is 7.98. The molecule has 0 spiro atoms. The van der Waals surface area contributed by atoms with Gasteiger partial charge in [0.2, 0.25) is 5.91 Å². The van der Waals surface area contributed by atoms with Gasteiger partial charge in [0.1, 0.15) is 0 Å². The summed E-state index contributed by atoms with van der Waals surface area (Å²) in [4.78, 5) is 11.4. The van der Waals surface area contributed by atoms with Crippen LogP contribution in [0, 0.1) is 0 Å². The third-order valence-corrected chi connectivity index (χ3v) is 3.13. The van der Waals surface area contributed by atoms with E-state index < -0.39 is 11.1 Å². The molecule has 0 aliphatic rings. The molecule has 84 valence electrons. The molecular weight excluding hydrogens is 198 g/mol. The summed E-state index contributed by atoms with van der Waals surface area (Å²) in [6.45, 7) is 7.04. The molecule has 0 aromatic heterocycles. The van der Waals surface area contributed by atoms with Crippen LogP contribution in [0.4, 0.5) is 0 Å². The van der Waals surface area contributed by atoms with Crippen LogP contribution in [0.25, 0.3) is 0 Å². The van der Waals surface area contributed by atoms with Crippen molar-refractivity contribution in [1.29, 1.82) is 0 Å². The van der Waals surface area contributed by atoms with E-state index in [9.17, 15) is 9.90 Å². The first-order chi connectivity index (χ1) is 6.20. The number of hydrogen-bond donors (Lipinski definition) is 2. The highest BCUT2D eigenvalue weighted by Gasteiger charge is 2.35. The van der Waals surface area contributed by atoms with Crippen molar-refractivity contribution in [2.24, 2.45) is 0 Å². The Labute approximate surface area is 90.7 Å². The van der Waals surface area contributed by atoms with Crippen LogP contribution in [-0.4, -0.2) is 34.2 Å². The summed E-state index contributed by atoms with van der Waals surface area (Å²) in [6, 6.07) is 0. The second-order valence-electron chi connectivity index (χ2n) is 4.47. The lowest BCUT2D eigenvalue weighted by Gasteiger charge is -2.38. The minimum atomic E-state index is -0.915. The molecule has 14 heavy (non-hydrogen) atoms. The number of amides is 1. The summed E-state index contributed by atoms with van der Waals surface area (Å²) in [5, 5.41) is 12.6. The van der Waals surface area contributed by atoms with Gasteiger partial charge < -0.3 is 10.4 Å². The SMILES string of the molecule is CSCCC(=O)NC(C)(C)C(C)(C)O. The minimum absolute atomic E-state index is 0.00789. The van der Waals surface area contributed by atoms with E-state index in [1.54, 1.807) is 25.6 Å². The standard InChI is InChI=1S/C10H21NO2S/c1-9(2,10(3,4)13)11-8(12)6-7-14-5/h13H,6-7H2,1-5H3,(H,11,12). The molecule has 0 saturated heterocycles. The second-order valence-corrected chi connectivity index (χ2v) is 5.46. The van der Waals surface area contributed by atoms with E-state index in [1.807, 2.05) is 20.1 Å². The van der Waals surface area contributed by atoms with Crippen LogP contribution < -0.4 is 5.32 Å². The van der Waals surface area contributed by atoms with E-state index in [0.717, 1.165) is 5.75 Å². The van der Waals surface area contributed by atoms with Crippen LogP contribution in [0.1, 0.15) is 34.1 Å². The van der Waals surface area contributed by atoms with Crippen LogP contribution in [0.15, 0.2) is 0 Å². The van der Waals surface area contributed by atoms with Gasteiger partial charge in [-0.3, -0.25) is 4.79 Å². The molecule has 4 heteroatoms. The molecule has 1 amide bonds. The molecule has 0 saturated carbocycles. The third-order valence-electron chi connectivity index (χ3n) is 2.51. The Kier molecular flexibility index (Phi) is 4.95. The van der Waals surface area contributed by atoms with Crippen molar-refractivity contribution in [3.8, 4) is 0 Å². The first-order valence-electron chi connectivity index (χ1n) is 4.73. The maximum atomic E-state index is 11.4. The van der Waals surface area contributed by atoms with Crippen molar-refractivity contribution < 1.29 is 9.90 Å². The lowest BCUT2D eigenvalue weighted by Crippen LogP contribution is -2.57. The van der Waals surface area contributed by atoms with Gasteiger partial charge in [0, 0.05) is 12.2 Å². The van der Waals surface area contributed by atoms with Crippen LogP contribution in [0.2, 0.25) is 0 Å². The number of nitrogens with one attached hydrogen (secondary N) is 1. The molecule has 0 radical (unpaired) electrons. The van der Waals surface area contributed by atoms with Gasteiger partial charge in [-0.05, 0) is 34.0 Å². The second kappa shape index (κ2) is 5.03. The fourth-order valence-corrected chi connectivity index (χ4v) is 1.15. The number of thioether (sulfide) groups is 1. The van der Waals surface area contributed by atoms with Crippen LogP contribution in [0.5, 0.6) is 0 Å². The molecule has 0 heterocycles. The summed E-state index contributed by atoms with van der Waals surface area (Å²) in [5.41, 5.74) is -1.51. The molecule has 3 nitrogen and oxygen atoms in total. The van der Waals surface area contributed by atoms with Gasteiger partial charge >= 0.3 is 0 Å². The summed E-state index contributed by atoms with van der Waals surface area (Å²) in [5.74, 6) is 0.805. The Morgan fingerprint density at radius 2 is 1.86 bits per heavy atom. The van der Waals surface area contributed by atoms with Crippen molar-refractivity contribution in [3.63, 3.8) is 0 Å². The van der Waals surface area contributed by atoms with E-state index >= 15 is 0 Å². The van der Waals surface area contributed by atoms with Gasteiger partial charge in [0.05, 0.1) is 11.1 Å². The predicted octanol–water partition coefficient (Wildman–Crippen LogP) is 1.41. The lowest BCUT2D eigenvalue weighted by molar-refractivity contribution is -0.125. The Morgan fingerprint density at radius 3 is 2.21 bits per heavy atom. The van der Waals surface area contributed by atoms with Gasteiger partial charge in [-0.25, -0.2) is 0 Å². The van der Waals surface area contributed by atoms with Crippen LogP contribution in [0.3, 0.4) is 0 Å². The van der Waals surface area contributed by atoms with E-state index in [2.05, 4.69) is 5.32 Å². The van der Waals surface area contributed by atoms with Gasteiger partial charge in [0.25, 0.3) is 0 Å². The van der Waals surface area contributed by atoms with Crippen molar-refractivity contribution in [3.05, 3.63) is 0 Å². The van der Waals surface area contributed by atoms with Crippen molar-refractivity contribution in [1.82, 2.24) is 5.32 Å². The van der Waals surface area contributed by atoms with Gasteiger partial charge in [-0.2, -0.15) is 11.8 Å². The Balaban J connectivity index is 4.16. The smallest absolute Gasteiger partial charge is 0.221 e. The Morgan fingerprint density at radius 1 is 1.36 bits per heavy atom. The molecule has 0 atom stereocenters. The number of carbonyl (C=O) groups excluding carboxylic acids is 1. The normalized spacial score (nSPS) is 12.7. The largest absolute Gasteiger partial charge is 0.388 e. The van der Waals surface area contributed by atoms with Crippen molar-refractivity contribution >= 4 is 17.7 Å². The zero-order valence-corrected chi connectivity index (χ0v) is 10.5. The molecule has 0 aromatic carbocycles. The van der Waals surface area contributed by atoms with Crippen LogP contribution in [-0.2, 0) is 4.79 Å². The molecular formula is C10H21NO2S. The molecule has 0 fully saturated rings. The Hall–Kier alpha value is -0.220. The van der Waals surface area contributed by atoms with E-state index in [1.165, 1.54) is 0 Å². The summed E-state index contributed by atoms with van der Waals surface area (Å²) >= 11 is 1.64. The molecule has 0 aliphatic heterocycles. The predicted molar refractivity (Wildman–Crippen MR) is 61.5 cm³/mol. The number of rotatable bonds is 5. The number of carbonyl (C=O) groups is 1. The zero-order chi connectivity index (χ0) is 11.4. The first-order valence-corrected chi connectivity index (χ1v) is 6.12. The summed E-state index contributed by atoms with van der Waals surface area (Å²) in [7, 11) is 0. The lowest BCUT2D eigenvalue weighted by atomic mass is 9.86. The van der Waals surface area contributed by atoms with Crippen molar-refractivity contribution in [2.45, 2.75) is 45.3 Å². The zero-order valence-electron chi connectivity index (χ0n) is 9.68. The van der Waals surface area contributed by atoms with Crippen LogP contribution >= 0.6 is 11.8 Å². The molecule has 0 bridgehead atoms. The molecule has 0 aromatic rings. The van der Waals surface area contributed by atoms with E-state index in [4.69, 9.17) is 0 Å². The molecule has 0 aliphatic carbocycles. The van der Waals surface area contributed by atoms with Gasteiger partial charge in [-0.15, -0.1) is 0 Å². The first kappa shape index (κ1) is 13.8. The minimum Gasteiger partial charge on any atom is -0.388 e. The highest BCUT2D eigenvalue weighted by atomic mass is 32.2. The Bertz CT molecular complexity index is 197. The van der Waals surface area contributed by atoms with Gasteiger partial charge in [-0.1, -0.05) is 0 Å². The summed E-state index contributed by atoms with van der Waals surface area (Å²) in [6.07, 6.45) is 2.47. The fraction of sp³-hybridized carbons (Fsp3) is 0.900. The van der Waals surface area contributed by atoms with Gasteiger partial charge in [0.15, 0.2) is 0 Å². The molecule has 0 unspecified atom stereocenters. The maximum Gasteiger partial charge on any atom is 0.221 e. The third kappa shape index (κ3) is 4.33.